The highest BCUT2D eigenvalue weighted by Gasteiger charge is 2.40. The first-order valence-electron chi connectivity index (χ1n) is 5.75. The van der Waals surface area contributed by atoms with E-state index in [0.29, 0.717) is 25.6 Å². The van der Waals surface area contributed by atoms with Crippen LogP contribution in [-0.2, 0) is 16.1 Å². The fourth-order valence-corrected chi connectivity index (χ4v) is 2.68. The van der Waals surface area contributed by atoms with Gasteiger partial charge in [0.25, 0.3) is 0 Å². The molecule has 3 rings (SSSR count). The van der Waals surface area contributed by atoms with Crippen LogP contribution in [0.25, 0.3) is 0 Å². The van der Waals surface area contributed by atoms with Crippen molar-refractivity contribution in [2.45, 2.75) is 12.5 Å². The number of nitrogen functional groups attached to an aromatic ring is 1. The van der Waals surface area contributed by atoms with Crippen LogP contribution in [0.2, 0.25) is 0 Å². The largest absolute Gasteiger partial charge is 0.384 e. The molecule has 2 N–H and O–H groups in total. The highest BCUT2D eigenvalue weighted by Crippen LogP contribution is 2.36. The Morgan fingerprint density at radius 1 is 1.41 bits per heavy atom. The van der Waals surface area contributed by atoms with Gasteiger partial charge in [-0.3, -0.25) is 4.79 Å². The molecule has 1 aromatic heterocycles. The van der Waals surface area contributed by atoms with Crippen LogP contribution in [0, 0.1) is 5.92 Å². The molecule has 5 heteroatoms. The zero-order valence-corrected chi connectivity index (χ0v) is 9.72. The second-order valence-electron chi connectivity index (χ2n) is 4.72. The van der Waals surface area contributed by atoms with Crippen LogP contribution in [0.3, 0.4) is 0 Å². The van der Waals surface area contributed by atoms with Gasteiger partial charge in [-0.25, -0.2) is 4.98 Å². The molecule has 1 fully saturated rings. The normalized spacial score (nSPS) is 27.6. The van der Waals surface area contributed by atoms with Crippen LogP contribution in [-0.4, -0.2) is 36.1 Å². The molecule has 0 aromatic carbocycles. The molecule has 1 amide bonds. The molecule has 0 aliphatic carbocycles. The van der Waals surface area contributed by atoms with Gasteiger partial charge < -0.3 is 15.4 Å². The Labute approximate surface area is 99.6 Å². The number of anilines is 1. The van der Waals surface area contributed by atoms with Crippen LogP contribution in [0.5, 0.6) is 0 Å². The lowest BCUT2D eigenvalue weighted by molar-refractivity contribution is -0.134. The number of amides is 1. The Kier molecular flexibility index (Phi) is 2.29. The Balaban J connectivity index is 2.11. The lowest BCUT2D eigenvalue weighted by Crippen LogP contribution is -2.32. The lowest BCUT2D eigenvalue weighted by Gasteiger charge is -2.17. The number of fused-ring (bicyclic) bond motifs is 3. The molecule has 5 nitrogen and oxygen atoms in total. The third-order valence-corrected chi connectivity index (χ3v) is 3.59. The van der Waals surface area contributed by atoms with Gasteiger partial charge in [-0.2, -0.15) is 0 Å². The number of carbonyl (C=O) groups excluding carboxylic acids is 1. The zero-order chi connectivity index (χ0) is 12.0. The van der Waals surface area contributed by atoms with Gasteiger partial charge in [0.05, 0.1) is 31.4 Å². The highest BCUT2D eigenvalue weighted by molar-refractivity contribution is 5.81. The van der Waals surface area contributed by atoms with Gasteiger partial charge in [-0.15, -0.1) is 0 Å². The molecule has 0 bridgehead atoms. The second kappa shape index (κ2) is 3.70. The summed E-state index contributed by atoms with van der Waals surface area (Å²) < 4.78 is 5.45. The molecule has 3 heterocycles. The molecule has 2 aliphatic rings. The summed E-state index contributed by atoms with van der Waals surface area (Å²) in [5, 5.41) is 0. The van der Waals surface area contributed by atoms with E-state index in [1.54, 1.807) is 18.0 Å². The van der Waals surface area contributed by atoms with E-state index in [2.05, 4.69) is 4.98 Å². The maximum Gasteiger partial charge on any atom is 0.228 e. The molecular formula is C12H15N3O2. The van der Waals surface area contributed by atoms with Crippen molar-refractivity contribution >= 4 is 11.7 Å². The van der Waals surface area contributed by atoms with E-state index < -0.39 is 0 Å². The maximum absolute atomic E-state index is 12.2. The number of nitrogens with two attached hydrogens (primary N) is 1. The Bertz CT molecular complexity index is 475. The van der Waals surface area contributed by atoms with E-state index in [4.69, 9.17) is 10.5 Å². The van der Waals surface area contributed by atoms with Gasteiger partial charge >= 0.3 is 0 Å². The van der Waals surface area contributed by atoms with E-state index in [-0.39, 0.29) is 17.7 Å². The molecule has 2 unspecified atom stereocenters. The third-order valence-electron chi connectivity index (χ3n) is 3.59. The number of ether oxygens (including phenoxy) is 1. The maximum atomic E-state index is 12.2. The van der Waals surface area contributed by atoms with Crippen molar-refractivity contribution in [3.63, 3.8) is 0 Å². The monoisotopic (exact) mass is 233 g/mol. The summed E-state index contributed by atoms with van der Waals surface area (Å²) in [5.74, 6) is 0.716. The van der Waals surface area contributed by atoms with Crippen LogP contribution < -0.4 is 5.73 Å². The number of rotatable bonds is 0. The van der Waals surface area contributed by atoms with Crippen molar-refractivity contribution in [1.82, 2.24) is 9.88 Å². The number of nitrogens with zero attached hydrogens (tertiary/aromatic N) is 2. The standard InChI is InChI=1S/C12H15N3O2/c1-15-4-10-7(2-3-11(13)14-10)8-5-17-6-9(8)12(15)16/h2-3,8-9H,4-6H2,1H3,(H2,13,14). The first-order valence-corrected chi connectivity index (χ1v) is 5.75. The molecule has 1 aromatic rings. The topological polar surface area (TPSA) is 68.5 Å². The predicted molar refractivity (Wildman–Crippen MR) is 62.2 cm³/mol. The van der Waals surface area contributed by atoms with Gasteiger partial charge in [0.1, 0.15) is 5.82 Å². The number of carbonyl (C=O) groups is 1. The molecule has 90 valence electrons. The zero-order valence-electron chi connectivity index (χ0n) is 9.72. The van der Waals surface area contributed by atoms with Crippen LogP contribution >= 0.6 is 0 Å². The van der Waals surface area contributed by atoms with Gasteiger partial charge in [0.2, 0.25) is 5.91 Å². The Hall–Kier alpha value is -1.62. The lowest BCUT2D eigenvalue weighted by atomic mass is 9.88. The van der Waals surface area contributed by atoms with Gasteiger partial charge in [0.15, 0.2) is 0 Å². The third kappa shape index (κ3) is 1.58. The summed E-state index contributed by atoms with van der Waals surface area (Å²) in [4.78, 5) is 18.2. The van der Waals surface area contributed by atoms with E-state index in [9.17, 15) is 4.79 Å². The highest BCUT2D eigenvalue weighted by atomic mass is 16.5. The first-order chi connectivity index (χ1) is 8.16. The second-order valence-corrected chi connectivity index (χ2v) is 4.72. The summed E-state index contributed by atoms with van der Waals surface area (Å²) in [6.45, 7) is 1.65. The van der Waals surface area contributed by atoms with Crippen molar-refractivity contribution in [3.05, 3.63) is 23.4 Å². The van der Waals surface area contributed by atoms with Gasteiger partial charge in [-0.05, 0) is 11.6 Å². The summed E-state index contributed by atoms with van der Waals surface area (Å²) in [7, 11) is 1.80. The molecule has 0 radical (unpaired) electrons. The van der Waals surface area contributed by atoms with E-state index >= 15 is 0 Å². The van der Waals surface area contributed by atoms with Crippen molar-refractivity contribution in [3.8, 4) is 0 Å². The molecule has 17 heavy (non-hydrogen) atoms. The SMILES string of the molecule is CN1Cc2nc(N)ccc2C2COCC2C1=O. The summed E-state index contributed by atoms with van der Waals surface area (Å²) in [6.07, 6.45) is 0. The summed E-state index contributed by atoms with van der Waals surface area (Å²) >= 11 is 0. The number of aromatic nitrogens is 1. The number of hydrogen-bond acceptors (Lipinski definition) is 4. The van der Waals surface area contributed by atoms with Crippen molar-refractivity contribution in [2.75, 3.05) is 26.0 Å². The molecular weight excluding hydrogens is 218 g/mol. The van der Waals surface area contributed by atoms with E-state index in [0.717, 1.165) is 11.3 Å². The van der Waals surface area contributed by atoms with Gasteiger partial charge in [0, 0.05) is 13.0 Å². The van der Waals surface area contributed by atoms with Crippen LogP contribution in [0.1, 0.15) is 17.2 Å². The summed E-state index contributed by atoms with van der Waals surface area (Å²) in [6, 6.07) is 3.78. The Morgan fingerprint density at radius 3 is 3.00 bits per heavy atom. The van der Waals surface area contributed by atoms with Crippen LogP contribution in [0.4, 0.5) is 5.82 Å². The minimum atomic E-state index is -0.0633. The first kappa shape index (κ1) is 10.5. The molecule has 0 spiro atoms. The van der Waals surface area contributed by atoms with Crippen molar-refractivity contribution in [1.29, 1.82) is 0 Å². The fourth-order valence-electron chi connectivity index (χ4n) is 2.68. The minimum absolute atomic E-state index is 0.0633. The average Bonchev–Trinajstić information content (AvgIpc) is 2.73. The van der Waals surface area contributed by atoms with Crippen molar-refractivity contribution < 1.29 is 9.53 Å². The number of pyridine rings is 1. The summed E-state index contributed by atoms with van der Waals surface area (Å²) in [5.41, 5.74) is 7.72. The molecule has 2 atom stereocenters. The van der Waals surface area contributed by atoms with E-state index in [1.807, 2.05) is 6.07 Å². The van der Waals surface area contributed by atoms with Crippen LogP contribution in [0.15, 0.2) is 12.1 Å². The predicted octanol–water partition coefficient (Wildman–Crippen LogP) is 0.366. The smallest absolute Gasteiger partial charge is 0.228 e. The quantitative estimate of drug-likeness (QED) is 0.702. The van der Waals surface area contributed by atoms with E-state index in [1.165, 1.54) is 0 Å². The average molecular weight is 233 g/mol. The molecule has 2 aliphatic heterocycles. The van der Waals surface area contributed by atoms with Gasteiger partial charge in [-0.1, -0.05) is 6.07 Å². The molecule has 1 saturated heterocycles. The van der Waals surface area contributed by atoms with Crippen molar-refractivity contribution in [2.24, 2.45) is 5.92 Å². The minimum Gasteiger partial charge on any atom is -0.384 e. The molecule has 0 saturated carbocycles. The fraction of sp³-hybridized carbons (Fsp3) is 0.500. The Morgan fingerprint density at radius 2 is 2.18 bits per heavy atom. The number of hydrogen-bond donors (Lipinski definition) is 1.